The predicted octanol–water partition coefficient (Wildman–Crippen LogP) is 1.91. The fraction of sp³-hybridized carbons (Fsp3) is 0.538. The second-order valence-electron chi connectivity index (χ2n) is 4.50. The van der Waals surface area contributed by atoms with E-state index >= 15 is 0 Å². The molecule has 3 N–H and O–H groups in total. The van der Waals surface area contributed by atoms with E-state index in [-0.39, 0.29) is 12.6 Å². The summed E-state index contributed by atoms with van der Waals surface area (Å²) in [4.78, 5) is 2.34. The van der Waals surface area contributed by atoms with Gasteiger partial charge in [0, 0.05) is 29.6 Å². The normalized spacial score (nSPS) is 17.4. The Morgan fingerprint density at radius 2 is 2.00 bits per heavy atom. The number of benzene rings is 1. The van der Waals surface area contributed by atoms with Gasteiger partial charge in [-0.3, -0.25) is 4.90 Å². The van der Waals surface area contributed by atoms with Crippen molar-refractivity contribution in [2.75, 3.05) is 19.7 Å². The molecule has 1 aliphatic rings. The zero-order chi connectivity index (χ0) is 12.3. The lowest BCUT2D eigenvalue weighted by molar-refractivity contribution is 0.145. The molecule has 0 aliphatic heterocycles. The van der Waals surface area contributed by atoms with E-state index in [1.54, 1.807) is 0 Å². The van der Waals surface area contributed by atoms with Gasteiger partial charge in [0.15, 0.2) is 0 Å². The molecule has 1 saturated carbocycles. The summed E-state index contributed by atoms with van der Waals surface area (Å²) in [5.41, 5.74) is 7.14. The van der Waals surface area contributed by atoms with Gasteiger partial charge in [-0.05, 0) is 30.5 Å². The minimum absolute atomic E-state index is 0.198. The Morgan fingerprint density at radius 1 is 1.35 bits per heavy atom. The first-order valence-electron chi connectivity index (χ1n) is 6.08. The quantitative estimate of drug-likeness (QED) is 0.843. The van der Waals surface area contributed by atoms with Gasteiger partial charge < -0.3 is 10.8 Å². The molecule has 1 unspecified atom stereocenters. The van der Waals surface area contributed by atoms with Crippen LogP contribution in [0.4, 0.5) is 0 Å². The van der Waals surface area contributed by atoms with Crippen LogP contribution in [0.5, 0.6) is 0 Å². The lowest BCUT2D eigenvalue weighted by Gasteiger charge is -2.30. The summed E-state index contributed by atoms with van der Waals surface area (Å²) in [7, 11) is 0. The Hall–Kier alpha value is -0.420. The van der Waals surface area contributed by atoms with E-state index in [0.717, 1.165) is 4.47 Å². The molecule has 1 aromatic rings. The first-order chi connectivity index (χ1) is 8.26. The molecular formula is C13H19BrN2O. The third kappa shape index (κ3) is 3.28. The van der Waals surface area contributed by atoms with Crippen molar-refractivity contribution in [2.45, 2.75) is 24.9 Å². The van der Waals surface area contributed by atoms with Crippen LogP contribution in [-0.2, 0) is 0 Å². The number of hydrogen-bond acceptors (Lipinski definition) is 3. The topological polar surface area (TPSA) is 49.5 Å². The van der Waals surface area contributed by atoms with E-state index in [2.05, 4.69) is 33.0 Å². The number of nitrogens with two attached hydrogens (primary N) is 1. The molecular weight excluding hydrogens is 280 g/mol. The summed E-state index contributed by atoms with van der Waals surface area (Å²) in [5.74, 6) is 0. The standard InChI is InChI=1S/C13H19BrN2O/c14-11-3-1-10(2-4-11)13(9-15)16(7-8-17)12-5-6-12/h1-4,12-13,17H,5-9,15H2. The minimum Gasteiger partial charge on any atom is -0.395 e. The molecule has 17 heavy (non-hydrogen) atoms. The number of aliphatic hydroxyl groups excluding tert-OH is 1. The second-order valence-corrected chi connectivity index (χ2v) is 5.41. The van der Waals surface area contributed by atoms with Gasteiger partial charge in [0.25, 0.3) is 0 Å². The SMILES string of the molecule is NCC(c1ccc(Br)cc1)N(CCO)C1CC1. The maximum atomic E-state index is 9.16. The monoisotopic (exact) mass is 298 g/mol. The lowest BCUT2D eigenvalue weighted by atomic mass is 10.1. The molecule has 0 spiro atoms. The van der Waals surface area contributed by atoms with Crippen molar-refractivity contribution in [3.8, 4) is 0 Å². The van der Waals surface area contributed by atoms with Gasteiger partial charge in [-0.2, -0.15) is 0 Å². The molecule has 1 fully saturated rings. The largest absolute Gasteiger partial charge is 0.395 e. The molecule has 1 atom stereocenters. The smallest absolute Gasteiger partial charge is 0.0558 e. The van der Waals surface area contributed by atoms with E-state index in [9.17, 15) is 0 Å². The van der Waals surface area contributed by atoms with E-state index in [0.29, 0.717) is 19.1 Å². The highest BCUT2D eigenvalue weighted by atomic mass is 79.9. The van der Waals surface area contributed by atoms with Crippen molar-refractivity contribution in [3.63, 3.8) is 0 Å². The fourth-order valence-electron chi connectivity index (χ4n) is 2.26. The van der Waals surface area contributed by atoms with Gasteiger partial charge in [-0.25, -0.2) is 0 Å². The molecule has 4 heteroatoms. The third-order valence-electron chi connectivity index (χ3n) is 3.25. The number of hydrogen-bond donors (Lipinski definition) is 2. The van der Waals surface area contributed by atoms with Crippen LogP contribution in [0.3, 0.4) is 0 Å². The van der Waals surface area contributed by atoms with E-state index in [4.69, 9.17) is 10.8 Å². The Morgan fingerprint density at radius 3 is 2.47 bits per heavy atom. The highest BCUT2D eigenvalue weighted by Gasteiger charge is 2.33. The van der Waals surface area contributed by atoms with Crippen LogP contribution in [0.1, 0.15) is 24.4 Å². The first-order valence-corrected chi connectivity index (χ1v) is 6.87. The van der Waals surface area contributed by atoms with E-state index in [1.807, 2.05) is 12.1 Å². The second kappa shape index (κ2) is 5.96. The summed E-state index contributed by atoms with van der Waals surface area (Å²) in [6.07, 6.45) is 2.46. The Bertz CT molecular complexity index is 351. The van der Waals surface area contributed by atoms with Gasteiger partial charge in [0.2, 0.25) is 0 Å². The molecule has 0 saturated heterocycles. The maximum absolute atomic E-state index is 9.16. The molecule has 0 radical (unpaired) electrons. The van der Waals surface area contributed by atoms with Crippen LogP contribution in [0.25, 0.3) is 0 Å². The van der Waals surface area contributed by atoms with Crippen molar-refractivity contribution in [1.82, 2.24) is 4.90 Å². The van der Waals surface area contributed by atoms with Crippen molar-refractivity contribution in [2.24, 2.45) is 5.73 Å². The van der Waals surface area contributed by atoms with Gasteiger partial charge in [0.05, 0.1) is 6.61 Å². The molecule has 0 amide bonds. The van der Waals surface area contributed by atoms with E-state index in [1.165, 1.54) is 18.4 Å². The molecule has 0 aromatic heterocycles. The van der Waals surface area contributed by atoms with Gasteiger partial charge >= 0.3 is 0 Å². The zero-order valence-electron chi connectivity index (χ0n) is 9.85. The number of halogens is 1. The minimum atomic E-state index is 0.198. The van der Waals surface area contributed by atoms with Gasteiger partial charge in [0.1, 0.15) is 0 Å². The molecule has 94 valence electrons. The molecule has 1 aliphatic carbocycles. The van der Waals surface area contributed by atoms with E-state index < -0.39 is 0 Å². The predicted molar refractivity (Wildman–Crippen MR) is 72.8 cm³/mol. The lowest BCUT2D eigenvalue weighted by Crippen LogP contribution is -2.37. The van der Waals surface area contributed by atoms with Crippen molar-refractivity contribution < 1.29 is 5.11 Å². The maximum Gasteiger partial charge on any atom is 0.0558 e. The average Bonchev–Trinajstić information content (AvgIpc) is 3.15. The average molecular weight is 299 g/mol. The molecule has 2 rings (SSSR count). The van der Waals surface area contributed by atoms with Crippen LogP contribution in [-0.4, -0.2) is 35.7 Å². The summed E-state index contributed by atoms with van der Waals surface area (Å²) in [6.45, 7) is 1.50. The van der Waals surface area contributed by atoms with Crippen LogP contribution in [0.15, 0.2) is 28.7 Å². The van der Waals surface area contributed by atoms with Crippen LogP contribution in [0, 0.1) is 0 Å². The Balaban J connectivity index is 2.15. The highest BCUT2D eigenvalue weighted by Crippen LogP contribution is 2.33. The summed E-state index contributed by atoms with van der Waals surface area (Å²) < 4.78 is 1.08. The van der Waals surface area contributed by atoms with Crippen molar-refractivity contribution in [3.05, 3.63) is 34.3 Å². The molecule has 3 nitrogen and oxygen atoms in total. The summed E-state index contributed by atoms with van der Waals surface area (Å²) >= 11 is 3.44. The van der Waals surface area contributed by atoms with Crippen LogP contribution >= 0.6 is 15.9 Å². The fourth-order valence-corrected chi connectivity index (χ4v) is 2.53. The first kappa shape index (κ1) is 13.0. The Labute approximate surface area is 111 Å². The summed E-state index contributed by atoms with van der Waals surface area (Å²) in [5, 5.41) is 9.16. The molecule has 0 bridgehead atoms. The number of rotatable bonds is 6. The highest BCUT2D eigenvalue weighted by molar-refractivity contribution is 9.10. The Kier molecular flexibility index (Phi) is 4.56. The molecule has 0 heterocycles. The van der Waals surface area contributed by atoms with Gasteiger partial charge in [-0.15, -0.1) is 0 Å². The van der Waals surface area contributed by atoms with Crippen molar-refractivity contribution in [1.29, 1.82) is 0 Å². The molecule has 1 aromatic carbocycles. The van der Waals surface area contributed by atoms with Crippen LogP contribution < -0.4 is 5.73 Å². The zero-order valence-corrected chi connectivity index (χ0v) is 11.4. The van der Waals surface area contributed by atoms with Crippen molar-refractivity contribution >= 4 is 15.9 Å². The van der Waals surface area contributed by atoms with Crippen LogP contribution in [0.2, 0.25) is 0 Å². The number of nitrogens with zero attached hydrogens (tertiary/aromatic N) is 1. The number of aliphatic hydroxyl groups is 1. The third-order valence-corrected chi connectivity index (χ3v) is 3.78. The van der Waals surface area contributed by atoms with Gasteiger partial charge in [-0.1, -0.05) is 28.1 Å². The summed E-state index contributed by atoms with van der Waals surface area (Å²) in [6, 6.07) is 9.13.